The lowest BCUT2D eigenvalue weighted by atomic mass is 10.1. The summed E-state index contributed by atoms with van der Waals surface area (Å²) in [6, 6.07) is 2.33. The van der Waals surface area contributed by atoms with Crippen molar-refractivity contribution in [2.45, 2.75) is 45.6 Å². The molecule has 2 atom stereocenters. The highest BCUT2D eigenvalue weighted by atomic mass is 32.1. The Morgan fingerprint density at radius 1 is 1.41 bits per heavy atom. The van der Waals surface area contributed by atoms with Gasteiger partial charge >= 0.3 is 5.97 Å². The highest BCUT2D eigenvalue weighted by Crippen LogP contribution is 2.31. The van der Waals surface area contributed by atoms with Gasteiger partial charge in [0.2, 0.25) is 0 Å². The maximum Gasteiger partial charge on any atom is 0.308 e. The van der Waals surface area contributed by atoms with Gasteiger partial charge in [-0.05, 0) is 37.6 Å². The van der Waals surface area contributed by atoms with E-state index in [1.165, 1.54) is 0 Å². The number of carbonyl (C=O) groups is 1. The highest BCUT2D eigenvalue weighted by molar-refractivity contribution is 7.16. The van der Waals surface area contributed by atoms with E-state index in [1.54, 1.807) is 11.3 Å². The molecule has 2 unspecified atom stereocenters. The Morgan fingerprint density at radius 3 is 3.05 bits per heavy atom. The summed E-state index contributed by atoms with van der Waals surface area (Å²) < 4.78 is 5.13. The van der Waals surface area contributed by atoms with Gasteiger partial charge in [-0.3, -0.25) is 4.79 Å². The molecule has 1 saturated carbocycles. The molecular weight excluding hydrogens is 298 g/mol. The maximum atomic E-state index is 11.8. The van der Waals surface area contributed by atoms with Gasteiger partial charge in [-0.1, -0.05) is 6.92 Å². The topological polar surface area (TPSA) is 64.1 Å². The fraction of sp³-hybridized carbons (Fsp3) is 0.562. The van der Waals surface area contributed by atoms with Crippen LogP contribution in [0.1, 0.15) is 38.9 Å². The van der Waals surface area contributed by atoms with Crippen molar-refractivity contribution in [1.82, 2.24) is 9.97 Å². The van der Waals surface area contributed by atoms with E-state index < -0.39 is 0 Å². The average molecular weight is 319 g/mol. The van der Waals surface area contributed by atoms with Crippen LogP contribution in [0.3, 0.4) is 0 Å². The van der Waals surface area contributed by atoms with Crippen LogP contribution in [0.5, 0.6) is 0 Å². The zero-order valence-electron chi connectivity index (χ0n) is 13.0. The largest absolute Gasteiger partial charge is 0.466 e. The molecule has 118 valence electrons. The molecule has 0 radical (unpaired) electrons. The summed E-state index contributed by atoms with van der Waals surface area (Å²) in [5, 5.41) is 6.63. The van der Waals surface area contributed by atoms with E-state index in [1.807, 2.05) is 12.3 Å². The first kappa shape index (κ1) is 15.2. The van der Waals surface area contributed by atoms with E-state index in [-0.39, 0.29) is 17.9 Å². The van der Waals surface area contributed by atoms with Crippen LogP contribution >= 0.6 is 11.3 Å². The Kier molecular flexibility index (Phi) is 4.57. The number of nitrogens with zero attached hydrogens (tertiary/aromatic N) is 2. The smallest absolute Gasteiger partial charge is 0.308 e. The van der Waals surface area contributed by atoms with Crippen molar-refractivity contribution in [1.29, 1.82) is 0 Å². The number of aromatic nitrogens is 2. The Hall–Kier alpha value is -1.69. The molecule has 0 aromatic carbocycles. The first-order valence-electron chi connectivity index (χ1n) is 7.88. The molecule has 1 aliphatic rings. The van der Waals surface area contributed by atoms with E-state index >= 15 is 0 Å². The molecule has 0 bridgehead atoms. The lowest BCUT2D eigenvalue weighted by Gasteiger charge is -2.15. The van der Waals surface area contributed by atoms with Gasteiger partial charge in [0.1, 0.15) is 16.5 Å². The van der Waals surface area contributed by atoms with E-state index in [0.717, 1.165) is 47.5 Å². The maximum absolute atomic E-state index is 11.8. The second kappa shape index (κ2) is 6.60. The van der Waals surface area contributed by atoms with Crippen LogP contribution in [0.15, 0.2) is 11.4 Å². The number of ether oxygens (including phenoxy) is 1. The van der Waals surface area contributed by atoms with Gasteiger partial charge in [0, 0.05) is 12.5 Å². The number of thiophene rings is 1. The summed E-state index contributed by atoms with van der Waals surface area (Å²) in [4.78, 5) is 22.0. The molecule has 2 aromatic heterocycles. The molecular formula is C16H21N3O2S. The minimum Gasteiger partial charge on any atom is -0.466 e. The molecule has 2 aromatic rings. The van der Waals surface area contributed by atoms with Crippen LogP contribution in [0, 0.1) is 5.92 Å². The summed E-state index contributed by atoms with van der Waals surface area (Å²) in [5.41, 5.74) is 0. The van der Waals surface area contributed by atoms with E-state index in [9.17, 15) is 4.79 Å². The molecule has 0 saturated heterocycles. The van der Waals surface area contributed by atoms with Gasteiger partial charge in [-0.15, -0.1) is 11.3 Å². The predicted molar refractivity (Wildman–Crippen MR) is 88.2 cm³/mol. The molecule has 1 aliphatic carbocycles. The normalized spacial score (nSPS) is 21.2. The molecule has 0 spiro atoms. The van der Waals surface area contributed by atoms with Gasteiger partial charge in [0.05, 0.1) is 17.9 Å². The van der Waals surface area contributed by atoms with Crippen LogP contribution in [-0.4, -0.2) is 28.6 Å². The lowest BCUT2D eigenvalue weighted by molar-refractivity contribution is -0.147. The van der Waals surface area contributed by atoms with Crippen molar-refractivity contribution in [2.24, 2.45) is 5.92 Å². The fourth-order valence-electron chi connectivity index (χ4n) is 2.95. The quantitative estimate of drug-likeness (QED) is 0.856. The number of hydrogen-bond donors (Lipinski definition) is 1. The van der Waals surface area contributed by atoms with Crippen molar-refractivity contribution in [2.75, 3.05) is 11.9 Å². The molecule has 0 aliphatic heterocycles. The second-order valence-corrected chi connectivity index (χ2v) is 6.48. The summed E-state index contributed by atoms with van der Waals surface area (Å²) in [7, 11) is 0. The Labute approximate surface area is 134 Å². The fourth-order valence-corrected chi connectivity index (χ4v) is 3.73. The SMILES string of the molecule is CCOC(=O)C1CCC(Nc2nc(CC)nc3sccc23)C1. The molecule has 1 N–H and O–H groups in total. The summed E-state index contributed by atoms with van der Waals surface area (Å²) in [5.74, 6) is 1.71. The molecule has 6 heteroatoms. The minimum absolute atomic E-state index is 0.0166. The third-order valence-corrected chi connectivity index (χ3v) is 4.89. The van der Waals surface area contributed by atoms with Crippen molar-refractivity contribution in [3.05, 3.63) is 17.3 Å². The third-order valence-electron chi connectivity index (χ3n) is 4.08. The monoisotopic (exact) mass is 319 g/mol. The third kappa shape index (κ3) is 3.06. The number of hydrogen-bond acceptors (Lipinski definition) is 6. The Bertz CT molecular complexity index is 670. The number of nitrogens with one attached hydrogen (secondary N) is 1. The average Bonchev–Trinajstić information content (AvgIpc) is 3.16. The Morgan fingerprint density at radius 2 is 2.27 bits per heavy atom. The molecule has 2 heterocycles. The summed E-state index contributed by atoms with van der Waals surface area (Å²) in [6.07, 6.45) is 3.49. The number of anilines is 1. The molecule has 1 fully saturated rings. The van der Waals surface area contributed by atoms with Crippen molar-refractivity contribution in [3.8, 4) is 0 Å². The van der Waals surface area contributed by atoms with E-state index in [0.29, 0.717) is 6.61 Å². The molecule has 3 rings (SSSR count). The number of fused-ring (bicyclic) bond motifs is 1. The second-order valence-electron chi connectivity index (χ2n) is 5.58. The van der Waals surface area contributed by atoms with Gasteiger partial charge in [-0.25, -0.2) is 9.97 Å². The molecule has 0 amide bonds. The number of esters is 1. The van der Waals surface area contributed by atoms with Crippen molar-refractivity contribution < 1.29 is 9.53 Å². The van der Waals surface area contributed by atoms with Gasteiger partial charge in [0.15, 0.2) is 0 Å². The molecule has 22 heavy (non-hydrogen) atoms. The summed E-state index contributed by atoms with van der Waals surface area (Å²) >= 11 is 1.64. The lowest BCUT2D eigenvalue weighted by Crippen LogP contribution is -2.20. The minimum atomic E-state index is -0.0654. The van der Waals surface area contributed by atoms with Gasteiger partial charge in [0.25, 0.3) is 0 Å². The number of rotatable bonds is 5. The van der Waals surface area contributed by atoms with Crippen molar-refractivity contribution >= 4 is 33.3 Å². The zero-order chi connectivity index (χ0) is 15.5. The van der Waals surface area contributed by atoms with E-state index in [2.05, 4.69) is 28.3 Å². The summed E-state index contributed by atoms with van der Waals surface area (Å²) in [6.45, 7) is 4.36. The number of carbonyl (C=O) groups excluding carboxylic acids is 1. The van der Waals surface area contributed by atoms with Gasteiger partial charge < -0.3 is 10.1 Å². The van der Waals surface area contributed by atoms with E-state index in [4.69, 9.17) is 4.74 Å². The van der Waals surface area contributed by atoms with Crippen molar-refractivity contribution in [3.63, 3.8) is 0 Å². The first-order chi connectivity index (χ1) is 10.7. The first-order valence-corrected chi connectivity index (χ1v) is 8.76. The van der Waals surface area contributed by atoms with Crippen LogP contribution in [0.4, 0.5) is 5.82 Å². The number of aryl methyl sites for hydroxylation is 1. The zero-order valence-corrected chi connectivity index (χ0v) is 13.8. The van der Waals surface area contributed by atoms with Gasteiger partial charge in [-0.2, -0.15) is 0 Å². The highest BCUT2D eigenvalue weighted by Gasteiger charge is 2.31. The van der Waals surface area contributed by atoms with Crippen LogP contribution in [0.2, 0.25) is 0 Å². The standard InChI is InChI=1S/C16H21N3O2S/c1-3-13-18-14(12-7-8-22-15(12)19-13)17-11-6-5-10(9-11)16(20)21-4-2/h7-8,10-11H,3-6,9H2,1-2H3,(H,17,18,19). The van der Waals surface area contributed by atoms with Crippen LogP contribution in [-0.2, 0) is 16.0 Å². The molecule has 5 nitrogen and oxygen atoms in total. The van der Waals surface area contributed by atoms with Crippen LogP contribution in [0.25, 0.3) is 10.2 Å². The Balaban J connectivity index is 1.74. The van der Waals surface area contributed by atoms with Crippen LogP contribution < -0.4 is 5.32 Å². The predicted octanol–water partition coefficient (Wildman–Crippen LogP) is 3.40.